The molecule has 1 nitrogen and oxygen atoms in total. The Morgan fingerprint density at radius 2 is 2.45 bits per heavy atom. The van der Waals surface area contributed by atoms with Gasteiger partial charge in [-0.2, -0.15) is 0 Å². The normalized spacial score (nSPS) is 25.0. The lowest BCUT2D eigenvalue weighted by molar-refractivity contribution is 0.358. The number of rotatable bonds is 3. The Bertz CT molecular complexity index is 123. The highest BCUT2D eigenvalue weighted by Crippen LogP contribution is 2.17. The van der Waals surface area contributed by atoms with Crippen LogP contribution < -0.4 is 5.32 Å². The van der Waals surface area contributed by atoms with Gasteiger partial charge in [-0.3, -0.25) is 0 Å². The fourth-order valence-corrected chi connectivity index (χ4v) is 1.62. The SMILES string of the molecule is C=C(C)CCC1CCCNC1. The summed E-state index contributed by atoms with van der Waals surface area (Å²) in [6.45, 7) is 8.50. The maximum Gasteiger partial charge on any atom is -0.00204 e. The van der Waals surface area contributed by atoms with E-state index in [0.717, 1.165) is 5.92 Å². The van der Waals surface area contributed by atoms with Gasteiger partial charge in [0.25, 0.3) is 0 Å². The lowest BCUT2D eigenvalue weighted by atomic mass is 9.93. The summed E-state index contributed by atoms with van der Waals surface area (Å²) in [5.41, 5.74) is 1.33. The van der Waals surface area contributed by atoms with Gasteiger partial charge in [0.1, 0.15) is 0 Å². The zero-order chi connectivity index (χ0) is 8.10. The molecule has 1 saturated heterocycles. The molecule has 1 atom stereocenters. The Morgan fingerprint density at radius 3 is 3.00 bits per heavy atom. The van der Waals surface area contributed by atoms with Crippen molar-refractivity contribution in [3.05, 3.63) is 12.2 Å². The van der Waals surface area contributed by atoms with E-state index in [2.05, 4.69) is 18.8 Å². The van der Waals surface area contributed by atoms with Crippen LogP contribution in [0.5, 0.6) is 0 Å². The van der Waals surface area contributed by atoms with Crippen molar-refractivity contribution < 1.29 is 0 Å². The number of hydrogen-bond acceptors (Lipinski definition) is 1. The van der Waals surface area contributed by atoms with Gasteiger partial charge in [-0.25, -0.2) is 0 Å². The second-order valence-electron chi connectivity index (χ2n) is 3.71. The molecule has 1 N–H and O–H groups in total. The smallest absolute Gasteiger partial charge is 0.00204 e. The molecule has 1 unspecified atom stereocenters. The molecule has 0 bridgehead atoms. The molecule has 0 spiro atoms. The van der Waals surface area contributed by atoms with Crippen LogP contribution in [0.25, 0.3) is 0 Å². The fourth-order valence-electron chi connectivity index (χ4n) is 1.62. The molecule has 1 heterocycles. The highest BCUT2D eigenvalue weighted by Gasteiger charge is 2.11. The van der Waals surface area contributed by atoms with Gasteiger partial charge in [0.15, 0.2) is 0 Å². The van der Waals surface area contributed by atoms with Gasteiger partial charge in [-0.05, 0) is 51.6 Å². The highest BCUT2D eigenvalue weighted by molar-refractivity contribution is 4.88. The zero-order valence-electron chi connectivity index (χ0n) is 7.53. The first-order valence-corrected chi connectivity index (χ1v) is 4.64. The molecular weight excluding hydrogens is 134 g/mol. The van der Waals surface area contributed by atoms with E-state index in [-0.39, 0.29) is 0 Å². The maximum atomic E-state index is 3.92. The summed E-state index contributed by atoms with van der Waals surface area (Å²) >= 11 is 0. The fraction of sp³-hybridized carbons (Fsp3) is 0.800. The minimum atomic E-state index is 0.917. The first kappa shape index (κ1) is 8.79. The van der Waals surface area contributed by atoms with E-state index in [1.54, 1.807) is 0 Å². The molecule has 0 aromatic carbocycles. The lowest BCUT2D eigenvalue weighted by Crippen LogP contribution is -2.29. The van der Waals surface area contributed by atoms with Crippen LogP contribution in [0.3, 0.4) is 0 Å². The molecule has 0 saturated carbocycles. The molecule has 1 aliphatic rings. The van der Waals surface area contributed by atoms with Crippen molar-refractivity contribution in [2.24, 2.45) is 5.92 Å². The van der Waals surface area contributed by atoms with Crippen LogP contribution in [0.2, 0.25) is 0 Å². The molecular formula is C10H19N. The average Bonchev–Trinajstić information content (AvgIpc) is 2.03. The lowest BCUT2D eigenvalue weighted by Gasteiger charge is -2.22. The van der Waals surface area contributed by atoms with Crippen LogP contribution in [0.1, 0.15) is 32.6 Å². The average molecular weight is 153 g/mol. The van der Waals surface area contributed by atoms with Gasteiger partial charge >= 0.3 is 0 Å². The summed E-state index contributed by atoms with van der Waals surface area (Å²) < 4.78 is 0. The molecule has 1 fully saturated rings. The maximum absolute atomic E-state index is 3.92. The van der Waals surface area contributed by atoms with Crippen molar-refractivity contribution in [1.29, 1.82) is 0 Å². The van der Waals surface area contributed by atoms with Crippen molar-refractivity contribution >= 4 is 0 Å². The second kappa shape index (κ2) is 4.55. The largest absolute Gasteiger partial charge is 0.316 e. The van der Waals surface area contributed by atoms with Gasteiger partial charge < -0.3 is 5.32 Å². The summed E-state index contributed by atoms with van der Waals surface area (Å²) in [6.07, 6.45) is 5.33. The van der Waals surface area contributed by atoms with Gasteiger partial charge in [-0.15, -0.1) is 6.58 Å². The van der Waals surface area contributed by atoms with E-state index in [0.29, 0.717) is 0 Å². The summed E-state index contributed by atoms with van der Waals surface area (Å²) in [4.78, 5) is 0. The Kier molecular flexibility index (Phi) is 3.64. The topological polar surface area (TPSA) is 12.0 Å². The quantitative estimate of drug-likeness (QED) is 0.614. The molecule has 0 aliphatic carbocycles. The third kappa shape index (κ3) is 3.57. The third-order valence-electron chi connectivity index (χ3n) is 2.38. The van der Waals surface area contributed by atoms with E-state index in [1.165, 1.54) is 44.3 Å². The summed E-state index contributed by atoms with van der Waals surface area (Å²) in [5, 5.41) is 3.43. The van der Waals surface area contributed by atoms with Crippen LogP contribution in [0, 0.1) is 5.92 Å². The van der Waals surface area contributed by atoms with Crippen LogP contribution in [-0.2, 0) is 0 Å². The van der Waals surface area contributed by atoms with Crippen molar-refractivity contribution in [2.45, 2.75) is 32.6 Å². The van der Waals surface area contributed by atoms with Crippen molar-refractivity contribution in [1.82, 2.24) is 5.32 Å². The molecule has 11 heavy (non-hydrogen) atoms. The molecule has 0 radical (unpaired) electrons. The number of nitrogens with one attached hydrogen (secondary N) is 1. The van der Waals surface area contributed by atoms with Crippen molar-refractivity contribution in [3.8, 4) is 0 Å². The van der Waals surface area contributed by atoms with Crippen LogP contribution >= 0.6 is 0 Å². The predicted octanol–water partition coefficient (Wildman–Crippen LogP) is 2.34. The summed E-state index contributed by atoms with van der Waals surface area (Å²) in [6, 6.07) is 0. The minimum absolute atomic E-state index is 0.917. The van der Waals surface area contributed by atoms with E-state index < -0.39 is 0 Å². The molecule has 0 amide bonds. The zero-order valence-corrected chi connectivity index (χ0v) is 7.53. The molecule has 64 valence electrons. The van der Waals surface area contributed by atoms with E-state index >= 15 is 0 Å². The molecule has 1 rings (SSSR count). The van der Waals surface area contributed by atoms with Crippen molar-refractivity contribution in [3.63, 3.8) is 0 Å². The second-order valence-corrected chi connectivity index (χ2v) is 3.71. The Balaban J connectivity index is 2.09. The van der Waals surface area contributed by atoms with E-state index in [9.17, 15) is 0 Å². The number of piperidine rings is 1. The Morgan fingerprint density at radius 1 is 1.64 bits per heavy atom. The van der Waals surface area contributed by atoms with E-state index in [1.807, 2.05) is 0 Å². The van der Waals surface area contributed by atoms with Crippen LogP contribution in [-0.4, -0.2) is 13.1 Å². The van der Waals surface area contributed by atoms with Crippen LogP contribution in [0.4, 0.5) is 0 Å². The summed E-state index contributed by atoms with van der Waals surface area (Å²) in [5.74, 6) is 0.917. The standard InChI is InChI=1S/C10H19N/c1-9(2)5-6-10-4-3-7-11-8-10/h10-11H,1,3-8H2,2H3. The first-order chi connectivity index (χ1) is 5.29. The van der Waals surface area contributed by atoms with Gasteiger partial charge in [0, 0.05) is 0 Å². The predicted molar refractivity (Wildman–Crippen MR) is 49.6 cm³/mol. The monoisotopic (exact) mass is 153 g/mol. The molecule has 0 aromatic heterocycles. The molecule has 0 aromatic rings. The van der Waals surface area contributed by atoms with Crippen molar-refractivity contribution in [2.75, 3.05) is 13.1 Å². The third-order valence-corrected chi connectivity index (χ3v) is 2.38. The first-order valence-electron chi connectivity index (χ1n) is 4.64. The van der Waals surface area contributed by atoms with Gasteiger partial charge in [-0.1, -0.05) is 5.57 Å². The van der Waals surface area contributed by atoms with Gasteiger partial charge in [0.2, 0.25) is 0 Å². The summed E-state index contributed by atoms with van der Waals surface area (Å²) in [7, 11) is 0. The Hall–Kier alpha value is -0.300. The van der Waals surface area contributed by atoms with Crippen LogP contribution in [0.15, 0.2) is 12.2 Å². The van der Waals surface area contributed by atoms with Gasteiger partial charge in [0.05, 0.1) is 0 Å². The minimum Gasteiger partial charge on any atom is -0.316 e. The Labute approximate surface area is 69.9 Å². The number of allylic oxidation sites excluding steroid dienone is 1. The molecule has 1 heteroatoms. The van der Waals surface area contributed by atoms with E-state index in [4.69, 9.17) is 0 Å². The molecule has 1 aliphatic heterocycles. The highest BCUT2D eigenvalue weighted by atomic mass is 14.9. The number of hydrogen-bond donors (Lipinski definition) is 1.